The van der Waals surface area contributed by atoms with Gasteiger partial charge >= 0.3 is 6.03 Å². The van der Waals surface area contributed by atoms with Gasteiger partial charge in [0.25, 0.3) is 0 Å². The van der Waals surface area contributed by atoms with Crippen LogP contribution in [0, 0.1) is 6.92 Å². The van der Waals surface area contributed by atoms with Crippen LogP contribution in [0.3, 0.4) is 0 Å². The number of urea groups is 1. The maximum atomic E-state index is 12.2. The highest BCUT2D eigenvalue weighted by atomic mass is 35.5. The lowest BCUT2D eigenvalue weighted by molar-refractivity contribution is 0.186. The summed E-state index contributed by atoms with van der Waals surface area (Å²) in [6.07, 6.45) is 5.95. The third-order valence-corrected chi connectivity index (χ3v) is 4.27. The molecule has 1 N–H and O–H groups in total. The second-order valence-electron chi connectivity index (χ2n) is 5.30. The van der Waals surface area contributed by atoms with Crippen LogP contribution < -0.4 is 5.32 Å². The number of nitrogens with zero attached hydrogens (tertiary/aromatic N) is 1. The molecule has 0 atom stereocenters. The Morgan fingerprint density at radius 2 is 2.00 bits per heavy atom. The first-order chi connectivity index (χ1) is 9.08. The number of nitrogens with one attached hydrogen (secondary N) is 1. The minimum absolute atomic E-state index is 0.0492. The smallest absolute Gasteiger partial charge is 0.321 e. The van der Waals surface area contributed by atoms with Gasteiger partial charge in [0.1, 0.15) is 0 Å². The monoisotopic (exact) mass is 280 g/mol. The Morgan fingerprint density at radius 1 is 1.32 bits per heavy atom. The maximum Gasteiger partial charge on any atom is 0.321 e. The first kappa shape index (κ1) is 14.2. The van der Waals surface area contributed by atoms with Crippen LogP contribution in [0.1, 0.15) is 37.7 Å². The Balaban J connectivity index is 1.97. The lowest BCUT2D eigenvalue weighted by Crippen LogP contribution is -2.40. The molecule has 0 aromatic heterocycles. The molecular weight excluding hydrogens is 260 g/mol. The molecule has 1 aromatic carbocycles. The summed E-state index contributed by atoms with van der Waals surface area (Å²) >= 11 is 6.06. The third kappa shape index (κ3) is 3.63. The molecule has 0 saturated heterocycles. The Morgan fingerprint density at radius 3 is 2.63 bits per heavy atom. The van der Waals surface area contributed by atoms with Crippen LogP contribution in [-0.2, 0) is 0 Å². The van der Waals surface area contributed by atoms with Crippen molar-refractivity contribution < 1.29 is 4.79 Å². The van der Waals surface area contributed by atoms with Crippen LogP contribution >= 0.6 is 11.6 Å². The van der Waals surface area contributed by atoms with Gasteiger partial charge in [0.2, 0.25) is 0 Å². The molecule has 4 heteroatoms. The molecule has 3 nitrogen and oxygen atoms in total. The van der Waals surface area contributed by atoms with E-state index in [0.29, 0.717) is 11.1 Å². The van der Waals surface area contributed by atoms with E-state index in [9.17, 15) is 4.79 Å². The quantitative estimate of drug-likeness (QED) is 0.853. The van der Waals surface area contributed by atoms with Gasteiger partial charge in [0, 0.05) is 23.8 Å². The van der Waals surface area contributed by atoms with Crippen LogP contribution in [0.2, 0.25) is 5.02 Å². The predicted octanol–water partition coefficient (Wildman–Crippen LogP) is 4.44. The van der Waals surface area contributed by atoms with Crippen molar-refractivity contribution >= 4 is 23.3 Å². The first-order valence-corrected chi connectivity index (χ1v) is 7.25. The van der Waals surface area contributed by atoms with E-state index in [1.807, 2.05) is 31.0 Å². The number of benzene rings is 1. The number of anilines is 1. The van der Waals surface area contributed by atoms with Crippen molar-refractivity contribution in [2.45, 2.75) is 45.1 Å². The molecule has 0 bridgehead atoms. The van der Waals surface area contributed by atoms with Crippen molar-refractivity contribution in [2.75, 3.05) is 12.4 Å². The van der Waals surface area contributed by atoms with Crippen LogP contribution in [0.25, 0.3) is 0 Å². The van der Waals surface area contributed by atoms with Crippen molar-refractivity contribution in [2.24, 2.45) is 0 Å². The van der Waals surface area contributed by atoms with E-state index < -0.39 is 0 Å². The summed E-state index contributed by atoms with van der Waals surface area (Å²) in [4.78, 5) is 14.0. The minimum atomic E-state index is -0.0492. The average molecular weight is 281 g/mol. The summed E-state index contributed by atoms with van der Waals surface area (Å²) < 4.78 is 0. The van der Waals surface area contributed by atoms with E-state index in [0.717, 1.165) is 24.1 Å². The molecule has 2 amide bonds. The van der Waals surface area contributed by atoms with Crippen LogP contribution in [0.15, 0.2) is 18.2 Å². The largest absolute Gasteiger partial charge is 0.325 e. The van der Waals surface area contributed by atoms with Crippen LogP contribution in [0.4, 0.5) is 10.5 Å². The van der Waals surface area contributed by atoms with Crippen LogP contribution in [-0.4, -0.2) is 24.0 Å². The normalized spacial score (nSPS) is 16.2. The first-order valence-electron chi connectivity index (χ1n) is 6.88. The lowest BCUT2D eigenvalue weighted by atomic mass is 9.95. The van der Waals surface area contributed by atoms with Gasteiger partial charge in [-0.05, 0) is 37.5 Å². The van der Waals surface area contributed by atoms with Crippen molar-refractivity contribution in [3.05, 3.63) is 28.8 Å². The maximum absolute atomic E-state index is 12.2. The lowest BCUT2D eigenvalue weighted by Gasteiger charge is -2.31. The van der Waals surface area contributed by atoms with Crippen molar-refractivity contribution in [1.29, 1.82) is 0 Å². The molecule has 1 saturated carbocycles. The predicted molar refractivity (Wildman–Crippen MR) is 79.8 cm³/mol. The average Bonchev–Trinajstić information content (AvgIpc) is 2.43. The van der Waals surface area contributed by atoms with Gasteiger partial charge in [-0.25, -0.2) is 4.79 Å². The molecule has 1 aliphatic carbocycles. The van der Waals surface area contributed by atoms with Gasteiger partial charge in [-0.1, -0.05) is 36.9 Å². The molecule has 19 heavy (non-hydrogen) atoms. The highest BCUT2D eigenvalue weighted by Gasteiger charge is 2.21. The fraction of sp³-hybridized carbons (Fsp3) is 0.533. The molecule has 1 aromatic rings. The fourth-order valence-electron chi connectivity index (χ4n) is 2.52. The number of amides is 2. The van der Waals surface area contributed by atoms with Crippen molar-refractivity contribution in [3.63, 3.8) is 0 Å². The Labute approximate surface area is 119 Å². The fourth-order valence-corrected chi connectivity index (χ4v) is 2.70. The van der Waals surface area contributed by atoms with Gasteiger partial charge < -0.3 is 10.2 Å². The highest BCUT2D eigenvalue weighted by molar-refractivity contribution is 6.31. The number of hydrogen-bond donors (Lipinski definition) is 1. The second-order valence-corrected chi connectivity index (χ2v) is 5.70. The number of hydrogen-bond acceptors (Lipinski definition) is 1. The second kappa shape index (κ2) is 6.29. The number of carbonyl (C=O) groups excluding carboxylic acids is 1. The Hall–Kier alpha value is -1.22. The Bertz CT molecular complexity index is 455. The van der Waals surface area contributed by atoms with Gasteiger partial charge in [0.15, 0.2) is 0 Å². The van der Waals surface area contributed by atoms with E-state index in [-0.39, 0.29) is 6.03 Å². The number of rotatable bonds is 2. The zero-order chi connectivity index (χ0) is 13.8. The Kier molecular flexibility index (Phi) is 4.70. The molecule has 0 spiro atoms. The molecule has 1 fully saturated rings. The number of carbonyl (C=O) groups is 1. The standard InChI is InChI=1S/C15H21ClN2O/c1-11-8-9-12(10-14(11)16)17-15(19)18(2)13-6-4-3-5-7-13/h8-10,13H,3-7H2,1-2H3,(H,17,19). The molecular formula is C15H21ClN2O. The van der Waals surface area contributed by atoms with E-state index in [1.165, 1.54) is 19.3 Å². The van der Waals surface area contributed by atoms with Crippen molar-refractivity contribution in [3.8, 4) is 0 Å². The van der Waals surface area contributed by atoms with Gasteiger partial charge in [-0.2, -0.15) is 0 Å². The summed E-state index contributed by atoms with van der Waals surface area (Å²) in [5.41, 5.74) is 1.77. The molecule has 0 radical (unpaired) electrons. The zero-order valence-electron chi connectivity index (χ0n) is 11.6. The van der Waals surface area contributed by atoms with E-state index in [1.54, 1.807) is 6.07 Å². The summed E-state index contributed by atoms with van der Waals surface area (Å²) in [6.45, 7) is 1.95. The number of aryl methyl sites for hydroxylation is 1. The van der Waals surface area contributed by atoms with Gasteiger partial charge in [-0.15, -0.1) is 0 Å². The number of halogens is 1. The molecule has 0 unspecified atom stereocenters. The summed E-state index contributed by atoms with van der Waals surface area (Å²) in [5.74, 6) is 0. The minimum Gasteiger partial charge on any atom is -0.325 e. The molecule has 0 aliphatic heterocycles. The van der Waals surface area contributed by atoms with Crippen molar-refractivity contribution in [1.82, 2.24) is 4.90 Å². The molecule has 1 aliphatic rings. The summed E-state index contributed by atoms with van der Waals surface area (Å²) in [5, 5.41) is 3.59. The molecule has 2 rings (SSSR count). The summed E-state index contributed by atoms with van der Waals surface area (Å²) in [6, 6.07) is 5.91. The topological polar surface area (TPSA) is 32.3 Å². The highest BCUT2D eigenvalue weighted by Crippen LogP contribution is 2.23. The van der Waals surface area contributed by atoms with E-state index >= 15 is 0 Å². The third-order valence-electron chi connectivity index (χ3n) is 3.87. The zero-order valence-corrected chi connectivity index (χ0v) is 12.3. The molecule has 0 heterocycles. The summed E-state index contributed by atoms with van der Waals surface area (Å²) in [7, 11) is 1.88. The van der Waals surface area contributed by atoms with Crippen LogP contribution in [0.5, 0.6) is 0 Å². The van der Waals surface area contributed by atoms with Gasteiger partial charge in [-0.3, -0.25) is 0 Å². The van der Waals surface area contributed by atoms with E-state index in [4.69, 9.17) is 11.6 Å². The van der Waals surface area contributed by atoms with E-state index in [2.05, 4.69) is 5.32 Å². The molecule has 104 valence electrons. The van der Waals surface area contributed by atoms with Gasteiger partial charge in [0.05, 0.1) is 0 Å². The SMILES string of the molecule is Cc1ccc(NC(=O)N(C)C2CCCCC2)cc1Cl.